The first-order chi connectivity index (χ1) is 10.2. The van der Waals surface area contributed by atoms with Crippen molar-refractivity contribution in [3.63, 3.8) is 0 Å². The molecule has 2 aromatic carbocycles. The third kappa shape index (κ3) is 2.44. The Kier molecular flexibility index (Phi) is 3.52. The smallest absolute Gasteiger partial charge is 0.257 e. The molecule has 1 heterocycles. The van der Waals surface area contributed by atoms with Gasteiger partial charge in [0.1, 0.15) is 11.9 Å². The zero-order chi connectivity index (χ0) is 14.8. The Bertz CT molecular complexity index is 652. The molecule has 2 aromatic rings. The fourth-order valence-electron chi connectivity index (χ4n) is 2.68. The summed E-state index contributed by atoms with van der Waals surface area (Å²) in [6.07, 6.45) is 0.692. The molecule has 1 aliphatic heterocycles. The van der Waals surface area contributed by atoms with Gasteiger partial charge in [0.15, 0.2) is 0 Å². The van der Waals surface area contributed by atoms with E-state index in [1.807, 2.05) is 41.3 Å². The minimum absolute atomic E-state index is 0.0456. The molecule has 0 radical (unpaired) electrons. The van der Waals surface area contributed by atoms with E-state index in [4.69, 9.17) is 0 Å². The van der Waals surface area contributed by atoms with Gasteiger partial charge in [-0.1, -0.05) is 31.2 Å². The van der Waals surface area contributed by atoms with Crippen LogP contribution in [-0.4, -0.2) is 22.5 Å². The Morgan fingerprint density at radius 1 is 1.14 bits per heavy atom. The Morgan fingerprint density at radius 2 is 1.86 bits per heavy atom. The van der Waals surface area contributed by atoms with Gasteiger partial charge in [0, 0.05) is 12.2 Å². The van der Waals surface area contributed by atoms with Crippen LogP contribution in [0.25, 0.3) is 0 Å². The van der Waals surface area contributed by atoms with Crippen molar-refractivity contribution in [1.82, 2.24) is 4.90 Å². The number of carbonyl (C=O) groups is 1. The van der Waals surface area contributed by atoms with Gasteiger partial charge in [-0.15, -0.1) is 0 Å². The SMILES string of the molecule is CCCN1C(=O)c2ccccc2N[C@@H]1c1ccc(O)cc1. The summed E-state index contributed by atoms with van der Waals surface area (Å²) in [6.45, 7) is 2.74. The quantitative estimate of drug-likeness (QED) is 0.907. The lowest BCUT2D eigenvalue weighted by atomic mass is 10.0. The zero-order valence-electron chi connectivity index (χ0n) is 11.9. The number of phenols is 1. The van der Waals surface area contributed by atoms with E-state index in [0.717, 1.165) is 17.7 Å². The summed E-state index contributed by atoms with van der Waals surface area (Å²) in [7, 11) is 0. The second-order valence-corrected chi connectivity index (χ2v) is 5.18. The normalized spacial score (nSPS) is 17.3. The number of hydrogen-bond acceptors (Lipinski definition) is 3. The molecule has 4 heteroatoms. The largest absolute Gasteiger partial charge is 0.508 e. The molecular weight excluding hydrogens is 264 g/mol. The highest BCUT2D eigenvalue weighted by atomic mass is 16.3. The van der Waals surface area contributed by atoms with Crippen LogP contribution >= 0.6 is 0 Å². The minimum atomic E-state index is -0.201. The van der Waals surface area contributed by atoms with Crippen molar-refractivity contribution in [2.24, 2.45) is 0 Å². The van der Waals surface area contributed by atoms with E-state index >= 15 is 0 Å². The Morgan fingerprint density at radius 3 is 2.57 bits per heavy atom. The number of amides is 1. The van der Waals surface area contributed by atoms with Gasteiger partial charge in [0.05, 0.1) is 5.56 Å². The zero-order valence-corrected chi connectivity index (χ0v) is 11.9. The molecule has 0 aromatic heterocycles. The second kappa shape index (κ2) is 5.48. The van der Waals surface area contributed by atoms with Gasteiger partial charge in [-0.05, 0) is 36.2 Å². The van der Waals surface area contributed by atoms with Crippen molar-refractivity contribution in [2.45, 2.75) is 19.5 Å². The maximum absolute atomic E-state index is 12.7. The summed E-state index contributed by atoms with van der Waals surface area (Å²) in [6, 6.07) is 14.5. The first-order valence-corrected chi connectivity index (χ1v) is 7.16. The summed E-state index contributed by atoms with van der Waals surface area (Å²) >= 11 is 0. The van der Waals surface area contributed by atoms with E-state index in [9.17, 15) is 9.90 Å². The fourth-order valence-corrected chi connectivity index (χ4v) is 2.68. The molecule has 1 aliphatic rings. The lowest BCUT2D eigenvalue weighted by Crippen LogP contribution is -2.43. The second-order valence-electron chi connectivity index (χ2n) is 5.18. The average molecular weight is 282 g/mol. The van der Waals surface area contributed by atoms with Crippen molar-refractivity contribution >= 4 is 11.6 Å². The van der Waals surface area contributed by atoms with E-state index in [1.165, 1.54) is 0 Å². The lowest BCUT2D eigenvalue weighted by Gasteiger charge is -2.38. The number of hydrogen-bond donors (Lipinski definition) is 2. The molecule has 0 saturated carbocycles. The molecule has 2 N–H and O–H groups in total. The molecule has 1 atom stereocenters. The standard InChI is InChI=1S/C17H18N2O2/c1-2-11-19-16(12-7-9-13(20)10-8-12)18-15-6-4-3-5-14(15)17(19)21/h3-10,16,18,20H,2,11H2,1H3/t16-/m0/s1. The van der Waals surface area contributed by atoms with Gasteiger partial charge in [0.2, 0.25) is 0 Å². The van der Waals surface area contributed by atoms with Crippen LogP contribution in [-0.2, 0) is 0 Å². The van der Waals surface area contributed by atoms with E-state index in [2.05, 4.69) is 12.2 Å². The molecule has 21 heavy (non-hydrogen) atoms. The fraction of sp³-hybridized carbons (Fsp3) is 0.235. The van der Waals surface area contributed by atoms with E-state index in [0.29, 0.717) is 12.1 Å². The molecule has 0 fully saturated rings. The van der Waals surface area contributed by atoms with Crippen molar-refractivity contribution in [2.75, 3.05) is 11.9 Å². The number of nitrogens with one attached hydrogen (secondary N) is 1. The molecule has 0 bridgehead atoms. The Labute approximate surface area is 124 Å². The van der Waals surface area contributed by atoms with Gasteiger partial charge >= 0.3 is 0 Å². The van der Waals surface area contributed by atoms with E-state index in [1.54, 1.807) is 12.1 Å². The van der Waals surface area contributed by atoms with Gasteiger partial charge in [-0.3, -0.25) is 4.79 Å². The molecule has 1 amide bonds. The number of phenolic OH excluding ortho intramolecular Hbond substituents is 1. The molecular formula is C17H18N2O2. The summed E-state index contributed by atoms with van der Waals surface area (Å²) < 4.78 is 0. The van der Waals surface area contributed by atoms with Crippen LogP contribution in [0.3, 0.4) is 0 Å². The van der Waals surface area contributed by atoms with Crippen LogP contribution in [0, 0.1) is 0 Å². The molecule has 108 valence electrons. The molecule has 0 spiro atoms. The topological polar surface area (TPSA) is 52.6 Å². The number of para-hydroxylation sites is 1. The average Bonchev–Trinajstić information content (AvgIpc) is 2.51. The van der Waals surface area contributed by atoms with Crippen molar-refractivity contribution in [3.8, 4) is 5.75 Å². The minimum Gasteiger partial charge on any atom is -0.508 e. The number of fused-ring (bicyclic) bond motifs is 1. The molecule has 3 rings (SSSR count). The summed E-state index contributed by atoms with van der Waals surface area (Å²) in [4.78, 5) is 14.5. The number of anilines is 1. The number of rotatable bonds is 3. The third-order valence-electron chi connectivity index (χ3n) is 3.70. The monoisotopic (exact) mass is 282 g/mol. The van der Waals surface area contributed by atoms with Crippen LogP contribution in [0.2, 0.25) is 0 Å². The van der Waals surface area contributed by atoms with Gasteiger partial charge < -0.3 is 15.3 Å². The van der Waals surface area contributed by atoms with Gasteiger partial charge in [-0.2, -0.15) is 0 Å². The lowest BCUT2D eigenvalue weighted by molar-refractivity contribution is 0.0683. The number of nitrogens with zero attached hydrogens (tertiary/aromatic N) is 1. The highest BCUT2D eigenvalue weighted by molar-refractivity contribution is 6.01. The van der Waals surface area contributed by atoms with Gasteiger partial charge in [0.25, 0.3) is 5.91 Å². The Hall–Kier alpha value is -2.49. The summed E-state index contributed by atoms with van der Waals surface area (Å²) in [5.41, 5.74) is 2.53. The first kappa shape index (κ1) is 13.5. The third-order valence-corrected chi connectivity index (χ3v) is 3.70. The number of carbonyl (C=O) groups excluding carboxylic acids is 1. The number of benzene rings is 2. The summed E-state index contributed by atoms with van der Waals surface area (Å²) in [5.74, 6) is 0.271. The van der Waals surface area contributed by atoms with Crippen molar-refractivity contribution in [3.05, 3.63) is 59.7 Å². The van der Waals surface area contributed by atoms with Crippen molar-refractivity contribution < 1.29 is 9.90 Å². The predicted octanol–water partition coefficient (Wildman–Crippen LogP) is 3.37. The van der Waals surface area contributed by atoms with Crippen LogP contribution in [0.5, 0.6) is 5.75 Å². The van der Waals surface area contributed by atoms with E-state index < -0.39 is 0 Å². The highest BCUT2D eigenvalue weighted by Crippen LogP contribution is 2.33. The van der Waals surface area contributed by atoms with Crippen LogP contribution in [0.1, 0.15) is 35.4 Å². The first-order valence-electron chi connectivity index (χ1n) is 7.16. The van der Waals surface area contributed by atoms with Gasteiger partial charge in [-0.25, -0.2) is 0 Å². The highest BCUT2D eigenvalue weighted by Gasteiger charge is 2.31. The number of aromatic hydroxyl groups is 1. The van der Waals surface area contributed by atoms with Crippen molar-refractivity contribution in [1.29, 1.82) is 0 Å². The Balaban J connectivity index is 2.02. The summed E-state index contributed by atoms with van der Waals surface area (Å²) in [5, 5.41) is 12.9. The van der Waals surface area contributed by atoms with Crippen LogP contribution in [0.15, 0.2) is 48.5 Å². The molecule has 0 saturated heterocycles. The molecule has 4 nitrogen and oxygen atoms in total. The van der Waals surface area contributed by atoms with Crippen LogP contribution < -0.4 is 5.32 Å². The predicted molar refractivity (Wildman–Crippen MR) is 82.2 cm³/mol. The maximum atomic E-state index is 12.7. The maximum Gasteiger partial charge on any atom is 0.257 e. The molecule has 0 unspecified atom stereocenters. The molecule has 0 aliphatic carbocycles. The van der Waals surface area contributed by atoms with E-state index in [-0.39, 0.29) is 17.8 Å². The van der Waals surface area contributed by atoms with Crippen LogP contribution in [0.4, 0.5) is 5.69 Å².